The summed E-state index contributed by atoms with van der Waals surface area (Å²) in [5.74, 6) is 0.122. The Morgan fingerprint density at radius 3 is 2.47 bits per heavy atom. The van der Waals surface area contributed by atoms with Crippen molar-refractivity contribution in [3.8, 4) is 0 Å². The van der Waals surface area contributed by atoms with Gasteiger partial charge in [0.1, 0.15) is 0 Å². The summed E-state index contributed by atoms with van der Waals surface area (Å²) in [6.07, 6.45) is 4.15. The second-order valence-corrected chi connectivity index (χ2v) is 5.73. The molecule has 3 nitrogen and oxygen atoms in total. The molecule has 1 aromatic carbocycles. The van der Waals surface area contributed by atoms with Gasteiger partial charge < -0.3 is 9.64 Å². The first kappa shape index (κ1) is 12.9. The fourth-order valence-electron chi connectivity index (χ4n) is 2.72. The average Bonchev–Trinajstić information content (AvgIpc) is 3.25. The lowest BCUT2D eigenvalue weighted by molar-refractivity contribution is 0.0267. The van der Waals surface area contributed by atoms with E-state index in [-0.39, 0.29) is 5.91 Å². The minimum atomic E-state index is 0.122. The van der Waals surface area contributed by atoms with Gasteiger partial charge in [-0.25, -0.2) is 0 Å². The van der Waals surface area contributed by atoms with Crippen LogP contribution in [0.4, 0.5) is 0 Å². The van der Waals surface area contributed by atoms with Crippen LogP contribution in [0.2, 0.25) is 5.02 Å². The molecule has 102 valence electrons. The Labute approximate surface area is 118 Å². The summed E-state index contributed by atoms with van der Waals surface area (Å²) >= 11 is 5.98. The normalized spacial score (nSPS) is 20.3. The molecule has 1 saturated heterocycles. The standard InChI is InChI=1S/C15H18ClNO2/c16-12-3-1-2-11(10-12)15(18)17(13-4-5-13)14-6-8-19-9-7-14/h1-3,10,13-14H,4-9H2. The van der Waals surface area contributed by atoms with Crippen LogP contribution < -0.4 is 0 Å². The lowest BCUT2D eigenvalue weighted by Crippen LogP contribution is -2.44. The van der Waals surface area contributed by atoms with E-state index in [2.05, 4.69) is 4.90 Å². The van der Waals surface area contributed by atoms with Crippen molar-refractivity contribution in [2.45, 2.75) is 37.8 Å². The molecule has 1 saturated carbocycles. The molecule has 3 rings (SSSR count). The molecule has 1 heterocycles. The number of rotatable bonds is 3. The van der Waals surface area contributed by atoms with Gasteiger partial charge in [0.2, 0.25) is 0 Å². The van der Waals surface area contributed by atoms with Crippen LogP contribution in [-0.4, -0.2) is 36.1 Å². The minimum absolute atomic E-state index is 0.122. The van der Waals surface area contributed by atoms with Gasteiger partial charge in [-0.3, -0.25) is 4.79 Å². The van der Waals surface area contributed by atoms with Crippen LogP contribution in [-0.2, 0) is 4.74 Å². The Morgan fingerprint density at radius 1 is 1.16 bits per heavy atom. The Morgan fingerprint density at radius 2 is 1.84 bits per heavy atom. The highest BCUT2D eigenvalue weighted by Gasteiger charge is 2.38. The number of nitrogens with zero attached hydrogens (tertiary/aromatic N) is 1. The minimum Gasteiger partial charge on any atom is -0.381 e. The summed E-state index contributed by atoms with van der Waals surface area (Å²) in [6, 6.07) is 8.00. The predicted octanol–water partition coefficient (Wildman–Crippen LogP) is 3.12. The summed E-state index contributed by atoms with van der Waals surface area (Å²) in [4.78, 5) is 14.8. The largest absolute Gasteiger partial charge is 0.381 e. The van der Waals surface area contributed by atoms with Crippen LogP contribution in [0.1, 0.15) is 36.0 Å². The predicted molar refractivity (Wildman–Crippen MR) is 74.5 cm³/mol. The molecular formula is C15H18ClNO2. The van der Waals surface area contributed by atoms with Crippen LogP contribution >= 0.6 is 11.6 Å². The van der Waals surface area contributed by atoms with Crippen molar-refractivity contribution in [2.24, 2.45) is 0 Å². The summed E-state index contributed by atoms with van der Waals surface area (Å²) < 4.78 is 5.40. The van der Waals surface area contributed by atoms with Crippen molar-refractivity contribution >= 4 is 17.5 Å². The zero-order valence-electron chi connectivity index (χ0n) is 10.8. The van der Waals surface area contributed by atoms with Crippen molar-refractivity contribution in [1.29, 1.82) is 0 Å². The Balaban J connectivity index is 1.81. The summed E-state index contributed by atoms with van der Waals surface area (Å²) in [5, 5.41) is 0.619. The molecule has 1 aromatic rings. The Bertz CT molecular complexity index is 467. The number of hydrogen-bond acceptors (Lipinski definition) is 2. The van der Waals surface area contributed by atoms with Gasteiger partial charge in [0.25, 0.3) is 5.91 Å². The molecule has 0 radical (unpaired) electrons. The van der Waals surface area contributed by atoms with E-state index in [9.17, 15) is 4.79 Å². The molecular weight excluding hydrogens is 262 g/mol. The van der Waals surface area contributed by atoms with Gasteiger partial charge in [-0.05, 0) is 43.9 Å². The van der Waals surface area contributed by atoms with Crippen LogP contribution in [0.25, 0.3) is 0 Å². The first-order valence-electron chi connectivity index (χ1n) is 6.91. The molecule has 2 aliphatic rings. The SMILES string of the molecule is O=C(c1cccc(Cl)c1)N(C1CCOCC1)C1CC1. The van der Waals surface area contributed by atoms with E-state index in [1.807, 2.05) is 12.1 Å². The smallest absolute Gasteiger partial charge is 0.254 e. The van der Waals surface area contributed by atoms with E-state index < -0.39 is 0 Å². The van der Waals surface area contributed by atoms with E-state index >= 15 is 0 Å². The number of hydrogen-bond donors (Lipinski definition) is 0. The van der Waals surface area contributed by atoms with Gasteiger partial charge in [-0.2, -0.15) is 0 Å². The van der Waals surface area contributed by atoms with Gasteiger partial charge in [0.15, 0.2) is 0 Å². The van der Waals surface area contributed by atoms with Crippen molar-refractivity contribution in [2.75, 3.05) is 13.2 Å². The fourth-order valence-corrected chi connectivity index (χ4v) is 2.91. The third-order valence-corrected chi connectivity index (χ3v) is 4.07. The quantitative estimate of drug-likeness (QED) is 0.851. The molecule has 0 aromatic heterocycles. The highest BCUT2D eigenvalue weighted by atomic mass is 35.5. The lowest BCUT2D eigenvalue weighted by Gasteiger charge is -2.34. The highest BCUT2D eigenvalue weighted by Crippen LogP contribution is 2.33. The molecule has 19 heavy (non-hydrogen) atoms. The number of halogens is 1. The van der Waals surface area contributed by atoms with Gasteiger partial charge in [-0.1, -0.05) is 17.7 Å². The molecule has 4 heteroatoms. The molecule has 0 atom stereocenters. The molecule has 2 fully saturated rings. The number of ether oxygens (including phenoxy) is 1. The molecule has 0 bridgehead atoms. The highest BCUT2D eigenvalue weighted by molar-refractivity contribution is 6.30. The average molecular weight is 280 g/mol. The van der Waals surface area contributed by atoms with Gasteiger partial charge >= 0.3 is 0 Å². The zero-order valence-corrected chi connectivity index (χ0v) is 11.6. The van der Waals surface area contributed by atoms with E-state index in [0.717, 1.165) is 38.9 Å². The second-order valence-electron chi connectivity index (χ2n) is 5.30. The molecule has 0 spiro atoms. The number of amides is 1. The first-order chi connectivity index (χ1) is 9.25. The van der Waals surface area contributed by atoms with Crippen molar-refractivity contribution in [3.05, 3.63) is 34.9 Å². The topological polar surface area (TPSA) is 29.5 Å². The van der Waals surface area contributed by atoms with E-state index in [4.69, 9.17) is 16.3 Å². The molecule has 0 unspecified atom stereocenters. The third kappa shape index (κ3) is 2.93. The summed E-state index contributed by atoms with van der Waals surface area (Å²) in [7, 11) is 0. The maximum atomic E-state index is 12.7. The third-order valence-electron chi connectivity index (χ3n) is 3.83. The molecule has 0 N–H and O–H groups in total. The number of benzene rings is 1. The molecule has 1 aliphatic heterocycles. The van der Waals surface area contributed by atoms with E-state index in [1.54, 1.807) is 12.1 Å². The monoisotopic (exact) mass is 279 g/mol. The molecule has 1 aliphatic carbocycles. The van der Waals surface area contributed by atoms with Gasteiger partial charge in [0, 0.05) is 35.9 Å². The van der Waals surface area contributed by atoms with Crippen molar-refractivity contribution in [3.63, 3.8) is 0 Å². The Kier molecular flexibility index (Phi) is 3.76. The lowest BCUT2D eigenvalue weighted by atomic mass is 10.0. The zero-order chi connectivity index (χ0) is 13.2. The summed E-state index contributed by atoms with van der Waals surface area (Å²) in [5.41, 5.74) is 0.700. The summed E-state index contributed by atoms with van der Waals surface area (Å²) in [6.45, 7) is 1.52. The van der Waals surface area contributed by atoms with E-state index in [0.29, 0.717) is 22.7 Å². The Hall–Kier alpha value is -1.06. The second kappa shape index (κ2) is 5.51. The number of carbonyl (C=O) groups excluding carboxylic acids is 1. The maximum absolute atomic E-state index is 12.7. The van der Waals surface area contributed by atoms with Gasteiger partial charge in [0.05, 0.1) is 0 Å². The van der Waals surface area contributed by atoms with Crippen LogP contribution in [0, 0.1) is 0 Å². The molecule has 1 amide bonds. The number of carbonyl (C=O) groups is 1. The van der Waals surface area contributed by atoms with Crippen LogP contribution in [0.5, 0.6) is 0 Å². The maximum Gasteiger partial charge on any atom is 0.254 e. The van der Waals surface area contributed by atoms with Crippen LogP contribution in [0.15, 0.2) is 24.3 Å². The first-order valence-corrected chi connectivity index (χ1v) is 7.29. The fraction of sp³-hybridized carbons (Fsp3) is 0.533. The van der Waals surface area contributed by atoms with Crippen molar-refractivity contribution in [1.82, 2.24) is 4.90 Å². The van der Waals surface area contributed by atoms with Crippen molar-refractivity contribution < 1.29 is 9.53 Å². The van der Waals surface area contributed by atoms with E-state index in [1.165, 1.54) is 0 Å². The van der Waals surface area contributed by atoms with Crippen LogP contribution in [0.3, 0.4) is 0 Å². The van der Waals surface area contributed by atoms with Gasteiger partial charge in [-0.15, -0.1) is 0 Å².